The number of rotatable bonds is 4. The highest BCUT2D eigenvalue weighted by Crippen LogP contribution is 2.24. The molecule has 2 aromatic rings. The maximum absolute atomic E-state index is 12.3. The van der Waals surface area contributed by atoms with E-state index in [-0.39, 0.29) is 11.3 Å². The molecule has 24 heavy (non-hydrogen) atoms. The molecule has 0 saturated heterocycles. The van der Waals surface area contributed by atoms with Gasteiger partial charge in [-0.15, -0.1) is 0 Å². The van der Waals surface area contributed by atoms with Gasteiger partial charge in [-0.3, -0.25) is 4.79 Å². The zero-order valence-corrected chi connectivity index (χ0v) is 15.4. The Morgan fingerprint density at radius 2 is 1.62 bits per heavy atom. The molecule has 0 aliphatic rings. The van der Waals surface area contributed by atoms with Crippen molar-refractivity contribution in [3.8, 4) is 5.75 Å². The van der Waals surface area contributed by atoms with Crippen LogP contribution in [0, 0.1) is 13.8 Å². The van der Waals surface area contributed by atoms with Crippen LogP contribution >= 0.6 is 0 Å². The minimum Gasteiger partial charge on any atom is -0.481 e. The zero-order chi connectivity index (χ0) is 17.9. The van der Waals surface area contributed by atoms with Crippen LogP contribution in [-0.2, 0) is 10.2 Å². The summed E-state index contributed by atoms with van der Waals surface area (Å²) in [5, 5.41) is 2.90. The molecular formula is C21H27NO2. The van der Waals surface area contributed by atoms with Crippen LogP contribution in [-0.4, -0.2) is 12.0 Å². The second-order valence-corrected chi connectivity index (χ2v) is 7.32. The predicted octanol–water partition coefficient (Wildman–Crippen LogP) is 5.01. The maximum Gasteiger partial charge on any atom is 0.265 e. The van der Waals surface area contributed by atoms with Crippen LogP contribution in [0.25, 0.3) is 0 Å². The van der Waals surface area contributed by atoms with Gasteiger partial charge in [0.15, 0.2) is 6.10 Å². The third-order valence-electron chi connectivity index (χ3n) is 4.18. The summed E-state index contributed by atoms with van der Waals surface area (Å²) in [6.45, 7) is 12.3. The van der Waals surface area contributed by atoms with Gasteiger partial charge in [-0.2, -0.15) is 0 Å². The predicted molar refractivity (Wildman–Crippen MR) is 99.8 cm³/mol. The van der Waals surface area contributed by atoms with E-state index in [0.29, 0.717) is 5.75 Å². The second-order valence-electron chi connectivity index (χ2n) is 7.32. The molecule has 1 amide bonds. The minimum absolute atomic E-state index is 0.102. The van der Waals surface area contributed by atoms with Crippen LogP contribution in [0.4, 0.5) is 5.69 Å². The average Bonchev–Trinajstić information content (AvgIpc) is 2.50. The molecule has 0 saturated carbocycles. The van der Waals surface area contributed by atoms with Gasteiger partial charge in [0.1, 0.15) is 5.75 Å². The molecule has 0 bridgehead atoms. The van der Waals surface area contributed by atoms with Gasteiger partial charge in [-0.05, 0) is 67.1 Å². The quantitative estimate of drug-likeness (QED) is 0.858. The van der Waals surface area contributed by atoms with Crippen LogP contribution < -0.4 is 10.1 Å². The first-order valence-corrected chi connectivity index (χ1v) is 8.32. The Bertz CT molecular complexity index is 712. The maximum atomic E-state index is 12.3. The van der Waals surface area contributed by atoms with E-state index in [1.807, 2.05) is 56.3 Å². The highest BCUT2D eigenvalue weighted by molar-refractivity contribution is 5.94. The van der Waals surface area contributed by atoms with Crippen molar-refractivity contribution in [3.05, 3.63) is 59.2 Å². The summed E-state index contributed by atoms with van der Waals surface area (Å²) in [4.78, 5) is 12.3. The number of aryl methyl sites for hydroxylation is 2. The van der Waals surface area contributed by atoms with Crippen molar-refractivity contribution in [2.24, 2.45) is 0 Å². The molecule has 1 N–H and O–H groups in total. The van der Waals surface area contributed by atoms with Crippen LogP contribution in [0.5, 0.6) is 5.75 Å². The summed E-state index contributed by atoms with van der Waals surface area (Å²) in [7, 11) is 0. The lowest BCUT2D eigenvalue weighted by Gasteiger charge is -2.20. The fourth-order valence-corrected chi connectivity index (χ4v) is 2.35. The Labute approximate surface area is 145 Å². The molecule has 3 nitrogen and oxygen atoms in total. The molecule has 0 fully saturated rings. The Balaban J connectivity index is 1.99. The summed E-state index contributed by atoms with van der Waals surface area (Å²) in [6, 6.07) is 13.8. The van der Waals surface area contributed by atoms with Crippen LogP contribution in [0.15, 0.2) is 42.5 Å². The Hall–Kier alpha value is -2.29. The molecule has 0 heterocycles. The first kappa shape index (κ1) is 18.1. The fraction of sp³-hybridized carbons (Fsp3) is 0.381. The molecule has 2 aromatic carbocycles. The topological polar surface area (TPSA) is 38.3 Å². The van der Waals surface area contributed by atoms with Gasteiger partial charge in [0.05, 0.1) is 0 Å². The van der Waals surface area contributed by atoms with E-state index in [1.54, 1.807) is 6.92 Å². The average molecular weight is 325 g/mol. The molecule has 0 unspecified atom stereocenters. The number of hydrogen-bond acceptors (Lipinski definition) is 2. The van der Waals surface area contributed by atoms with E-state index in [1.165, 1.54) is 11.1 Å². The number of anilines is 1. The molecule has 0 radical (unpaired) electrons. The third kappa shape index (κ3) is 4.60. The van der Waals surface area contributed by atoms with Gasteiger partial charge in [0.25, 0.3) is 5.91 Å². The van der Waals surface area contributed by atoms with E-state index in [0.717, 1.165) is 11.3 Å². The number of nitrogens with one attached hydrogen (secondary N) is 1. The number of amides is 1. The van der Waals surface area contributed by atoms with Crippen molar-refractivity contribution in [1.29, 1.82) is 0 Å². The van der Waals surface area contributed by atoms with Crippen molar-refractivity contribution in [2.75, 3.05) is 5.32 Å². The zero-order valence-electron chi connectivity index (χ0n) is 15.4. The SMILES string of the molecule is Cc1ccc(NC(=O)[C@@H](C)Oc2ccc(C(C)(C)C)cc2)cc1C. The molecule has 0 aliphatic heterocycles. The number of hydrogen-bond donors (Lipinski definition) is 1. The van der Waals surface area contributed by atoms with E-state index < -0.39 is 6.10 Å². The smallest absolute Gasteiger partial charge is 0.265 e. The normalized spacial score (nSPS) is 12.6. The highest BCUT2D eigenvalue weighted by Gasteiger charge is 2.17. The number of benzene rings is 2. The first-order chi connectivity index (χ1) is 11.2. The molecule has 1 atom stereocenters. The highest BCUT2D eigenvalue weighted by atomic mass is 16.5. The molecule has 3 heteroatoms. The van der Waals surface area contributed by atoms with E-state index >= 15 is 0 Å². The van der Waals surface area contributed by atoms with Crippen molar-refractivity contribution < 1.29 is 9.53 Å². The number of ether oxygens (including phenoxy) is 1. The summed E-state index contributed by atoms with van der Waals surface area (Å²) in [5.74, 6) is 0.545. The minimum atomic E-state index is -0.563. The summed E-state index contributed by atoms with van der Waals surface area (Å²) >= 11 is 0. The van der Waals surface area contributed by atoms with E-state index in [4.69, 9.17) is 4.74 Å². The summed E-state index contributed by atoms with van der Waals surface area (Å²) in [5.41, 5.74) is 4.49. The largest absolute Gasteiger partial charge is 0.481 e. The lowest BCUT2D eigenvalue weighted by atomic mass is 9.87. The van der Waals surface area contributed by atoms with Gasteiger partial charge in [0.2, 0.25) is 0 Å². The summed E-state index contributed by atoms with van der Waals surface area (Å²) in [6.07, 6.45) is -0.563. The van der Waals surface area contributed by atoms with Gasteiger partial charge in [-0.1, -0.05) is 39.0 Å². The van der Waals surface area contributed by atoms with Crippen molar-refractivity contribution in [2.45, 2.75) is 53.1 Å². The number of carbonyl (C=O) groups excluding carboxylic acids is 1. The third-order valence-corrected chi connectivity index (χ3v) is 4.18. The van der Waals surface area contributed by atoms with Crippen LogP contribution in [0.3, 0.4) is 0 Å². The molecule has 0 spiro atoms. The molecular weight excluding hydrogens is 298 g/mol. The standard InChI is InChI=1S/C21H27NO2/c1-14-7-10-18(13-15(14)2)22-20(23)16(3)24-19-11-8-17(9-12-19)21(4,5)6/h7-13,16H,1-6H3,(H,22,23)/t16-/m1/s1. The van der Waals surface area contributed by atoms with Gasteiger partial charge < -0.3 is 10.1 Å². The van der Waals surface area contributed by atoms with Crippen LogP contribution in [0.2, 0.25) is 0 Å². The Kier molecular flexibility index (Phi) is 5.33. The Morgan fingerprint density at radius 1 is 1.00 bits per heavy atom. The summed E-state index contributed by atoms with van der Waals surface area (Å²) < 4.78 is 5.76. The molecule has 0 aliphatic carbocycles. The monoisotopic (exact) mass is 325 g/mol. The van der Waals surface area contributed by atoms with Crippen molar-refractivity contribution >= 4 is 11.6 Å². The van der Waals surface area contributed by atoms with Gasteiger partial charge >= 0.3 is 0 Å². The number of carbonyl (C=O) groups is 1. The lowest BCUT2D eigenvalue weighted by Crippen LogP contribution is -2.30. The molecule has 2 rings (SSSR count). The Morgan fingerprint density at radius 3 is 2.17 bits per heavy atom. The van der Waals surface area contributed by atoms with Crippen molar-refractivity contribution in [3.63, 3.8) is 0 Å². The van der Waals surface area contributed by atoms with E-state index in [9.17, 15) is 4.79 Å². The van der Waals surface area contributed by atoms with Crippen molar-refractivity contribution in [1.82, 2.24) is 0 Å². The fourth-order valence-electron chi connectivity index (χ4n) is 2.35. The van der Waals surface area contributed by atoms with Gasteiger partial charge in [-0.25, -0.2) is 0 Å². The van der Waals surface area contributed by atoms with E-state index in [2.05, 4.69) is 26.1 Å². The first-order valence-electron chi connectivity index (χ1n) is 8.32. The lowest BCUT2D eigenvalue weighted by molar-refractivity contribution is -0.122. The molecule has 0 aromatic heterocycles. The molecule has 128 valence electrons. The van der Waals surface area contributed by atoms with Crippen LogP contribution in [0.1, 0.15) is 44.4 Å². The second kappa shape index (κ2) is 7.08. The van der Waals surface area contributed by atoms with Gasteiger partial charge in [0, 0.05) is 5.69 Å².